The highest BCUT2D eigenvalue weighted by atomic mass is 79.9. The summed E-state index contributed by atoms with van der Waals surface area (Å²) in [6.07, 6.45) is 7.65. The van der Waals surface area contributed by atoms with E-state index in [1.54, 1.807) is 96.2 Å². The van der Waals surface area contributed by atoms with Crippen LogP contribution in [-0.4, -0.2) is 173 Å². The minimum Gasteiger partial charge on any atom is -0.492 e. The fraction of sp³-hybridized carbons (Fsp3) is 0.509. The van der Waals surface area contributed by atoms with E-state index in [4.69, 9.17) is 15.2 Å². The molecule has 0 saturated carbocycles. The van der Waals surface area contributed by atoms with Gasteiger partial charge in [0, 0.05) is 75.6 Å². The Morgan fingerprint density at radius 3 is 2.23 bits per heavy atom. The van der Waals surface area contributed by atoms with Gasteiger partial charge in [0.05, 0.1) is 40.9 Å². The third kappa shape index (κ3) is 24.7. The van der Waals surface area contributed by atoms with E-state index in [1.807, 2.05) is 24.3 Å². The average molecular weight is 1250 g/mol. The molecule has 2 saturated heterocycles. The maximum atomic E-state index is 14.6. The zero-order chi connectivity index (χ0) is 61.8. The van der Waals surface area contributed by atoms with E-state index in [2.05, 4.69) is 76.1 Å². The predicted octanol–water partition coefficient (Wildman–Crippen LogP) is 5.34. The van der Waals surface area contributed by atoms with Crippen LogP contribution in [0.2, 0.25) is 0 Å². The van der Waals surface area contributed by atoms with Gasteiger partial charge < -0.3 is 46.1 Å². The first-order chi connectivity index (χ1) is 39.9. The number of nitrogens with one attached hydrogen (secondary N) is 7. The molecule has 27 heteroatoms. The van der Waals surface area contributed by atoms with Gasteiger partial charge in [0.15, 0.2) is 5.82 Å². The number of aryl methyl sites for hydroxylation is 1. The van der Waals surface area contributed by atoms with Crippen LogP contribution in [0.1, 0.15) is 91.2 Å². The van der Waals surface area contributed by atoms with Crippen molar-refractivity contribution in [2.75, 3.05) is 94.3 Å². The molecule has 3 heterocycles. The fourth-order valence-electron chi connectivity index (χ4n) is 8.42. The number of rotatable bonds is 27. The van der Waals surface area contributed by atoms with Crippen molar-refractivity contribution in [3.8, 4) is 5.75 Å². The number of carbonyl (C=O) groups is 6. The van der Waals surface area contributed by atoms with Gasteiger partial charge in [-0.15, -0.1) is 9.55 Å². The number of carbonyl (C=O) groups excluding carboxylic acids is 6. The number of anilines is 5. The smallest absolute Gasteiger partial charge is 0.409 e. The van der Waals surface area contributed by atoms with Crippen molar-refractivity contribution in [3.05, 3.63) is 90.1 Å². The lowest BCUT2D eigenvalue weighted by atomic mass is 10.1. The molecule has 3 aromatic carbocycles. The van der Waals surface area contributed by atoms with Crippen LogP contribution in [0.4, 0.5) is 38.4 Å². The van der Waals surface area contributed by atoms with Crippen molar-refractivity contribution in [1.29, 1.82) is 0 Å². The first-order valence-electron chi connectivity index (χ1n) is 28.2. The molecule has 2 atom stereocenters. The van der Waals surface area contributed by atoms with Crippen LogP contribution in [0.15, 0.2) is 83.9 Å². The van der Waals surface area contributed by atoms with Crippen LogP contribution < -0.4 is 51.5 Å². The lowest BCUT2D eigenvalue weighted by Gasteiger charge is -2.23. The van der Waals surface area contributed by atoms with E-state index in [0.717, 1.165) is 45.4 Å². The van der Waals surface area contributed by atoms with Crippen molar-refractivity contribution in [1.82, 2.24) is 45.1 Å². The Bertz CT molecular complexity index is 2860. The van der Waals surface area contributed by atoms with Crippen molar-refractivity contribution in [3.63, 3.8) is 0 Å². The summed E-state index contributed by atoms with van der Waals surface area (Å²) in [4.78, 5) is 84.1. The van der Waals surface area contributed by atoms with Crippen LogP contribution in [0.25, 0.3) is 0 Å². The maximum Gasteiger partial charge on any atom is 0.409 e. The molecule has 24 nitrogen and oxygen atoms in total. The van der Waals surface area contributed by atoms with E-state index in [0.29, 0.717) is 52.9 Å². The molecule has 6 amide bonds. The van der Waals surface area contributed by atoms with E-state index in [1.165, 1.54) is 53.3 Å². The number of nitrogens with two attached hydrogens (primary N) is 1. The second-order valence-electron chi connectivity index (χ2n) is 21.5. The Labute approximate surface area is 504 Å². The summed E-state index contributed by atoms with van der Waals surface area (Å²) < 4.78 is 42.2. The van der Waals surface area contributed by atoms with E-state index >= 15 is 0 Å². The number of hydrogen-bond donors (Lipinski definition) is 8. The molecular formula is C57H86BBrN14O10S+. The van der Waals surface area contributed by atoms with Gasteiger partial charge >= 0.3 is 25.6 Å². The molecule has 4 aromatic rings. The summed E-state index contributed by atoms with van der Waals surface area (Å²) in [5.41, 5.74) is 7.20. The van der Waals surface area contributed by atoms with Crippen LogP contribution in [0, 0.1) is 6.92 Å². The molecule has 2 aliphatic heterocycles. The summed E-state index contributed by atoms with van der Waals surface area (Å²) in [6, 6.07) is 20.2. The van der Waals surface area contributed by atoms with Gasteiger partial charge in [0.2, 0.25) is 34.2 Å². The summed E-state index contributed by atoms with van der Waals surface area (Å²) in [6.45, 7) is 18.3. The first-order valence-corrected chi connectivity index (χ1v) is 30.8. The van der Waals surface area contributed by atoms with E-state index in [9.17, 15) is 37.2 Å². The van der Waals surface area contributed by atoms with Crippen LogP contribution in [0.3, 0.4) is 0 Å². The number of sulfonamides is 1. The van der Waals surface area contributed by atoms with Gasteiger partial charge in [-0.2, -0.15) is 0 Å². The number of aromatic nitrogens is 2. The number of alkyl halides is 1. The van der Waals surface area contributed by atoms with Gasteiger partial charge in [-0.25, -0.2) is 22.7 Å². The Morgan fingerprint density at radius 2 is 1.58 bits per heavy atom. The summed E-state index contributed by atoms with van der Waals surface area (Å²) in [5.74, 6) is 0.481. The van der Waals surface area contributed by atoms with Crippen molar-refractivity contribution in [2.24, 2.45) is 5.73 Å². The average Bonchev–Trinajstić information content (AvgIpc) is 2.46. The molecule has 2 fully saturated rings. The van der Waals surface area contributed by atoms with Crippen LogP contribution in [0.5, 0.6) is 5.75 Å². The topological polar surface area (TPSA) is 295 Å². The minimum absolute atomic E-state index is 0.0162. The third-order valence-corrected chi connectivity index (χ3v) is 14.9. The molecule has 2 aliphatic rings. The standard InChI is InChI=1S/C48H65N11O8S.C6H12BBrN3O2.C3H8/c1-35-30-50-45(53-38-18-20-41(21-19-38)66-28-27-57-22-7-8-23-57)59(44(35)52-39-11-9-13-42(29-39)68(64,65)54-48(2,3)4)46(62)55(5)25-26-56(6)47(63)67-33-36-14-16-37(17-15-36)51-43(61)32-49-31-40-12-10-24-58(40)34-60;1-4(2-5(9)12)10-7-11-6(13)3-8;1-3-2/h9,11,13-21,29-30,34,40,49,54H,7-8,10,12,22-28,31-33H2,1-6H3,(H2,50,51,52,53,61);4,10H,2-3H2,1H3,(H2,9,12)(H,11,13);3H2,1-2H3/p+1. The number of likely N-dealkylation sites (tertiary alicyclic amines) is 2. The minimum atomic E-state index is -3.88. The Kier molecular flexibility index (Phi) is 29.3. The molecule has 459 valence electrons. The first kappa shape index (κ1) is 69.6. The van der Waals surface area contributed by atoms with E-state index in [-0.39, 0.29) is 78.6 Å². The van der Waals surface area contributed by atoms with Crippen molar-refractivity contribution < 1.29 is 51.2 Å². The van der Waals surface area contributed by atoms with Gasteiger partial charge in [0.1, 0.15) is 19.0 Å². The second-order valence-corrected chi connectivity index (χ2v) is 23.7. The number of hydrogen-bond acceptors (Lipinski definition) is 16. The number of nitrogens with zero attached hydrogens (tertiary/aromatic N) is 6. The van der Waals surface area contributed by atoms with Crippen molar-refractivity contribution >= 4 is 98.6 Å². The predicted molar refractivity (Wildman–Crippen MR) is 330 cm³/mol. The molecule has 0 aliphatic carbocycles. The van der Waals surface area contributed by atoms with Crippen LogP contribution in [-0.2, 0) is 40.5 Å². The SMILES string of the molecule is CC(CC(N)=O)N[B]NC(=O)CBr.CCC.Cc1cnc(Nc2ccc(OCCN3CCCC3)cc2)[n+](C(=O)N(C)CCN(C)C(=O)OCc2ccc(NC(=O)CNCC3CCCN3C=O)cc2)c1Nc1cccc(S(=O)(=O)NC(C)(C)C)c1. The monoisotopic (exact) mass is 1250 g/mol. The number of benzene rings is 3. The number of ether oxygens (including phenoxy) is 2. The lowest BCUT2D eigenvalue weighted by Crippen LogP contribution is -2.55. The van der Waals surface area contributed by atoms with Gasteiger partial charge in [-0.3, -0.25) is 39.6 Å². The Balaban J connectivity index is 0.000000828. The number of halogens is 1. The lowest BCUT2D eigenvalue weighted by molar-refractivity contribution is -0.551. The van der Waals surface area contributed by atoms with Gasteiger partial charge in [-0.1, -0.05) is 61.3 Å². The molecule has 0 bridgehead atoms. The molecule has 6 rings (SSSR count). The number of primary amides is 1. The quantitative estimate of drug-likeness (QED) is 0.0162. The van der Waals surface area contributed by atoms with E-state index < -0.39 is 27.7 Å². The normalized spacial score (nSPS) is 14.3. The fourth-order valence-corrected chi connectivity index (χ4v) is 10.1. The highest BCUT2D eigenvalue weighted by Crippen LogP contribution is 2.25. The Morgan fingerprint density at radius 1 is 0.917 bits per heavy atom. The molecule has 84 heavy (non-hydrogen) atoms. The van der Waals surface area contributed by atoms with Gasteiger partial charge in [-0.05, 0) is 127 Å². The largest absolute Gasteiger partial charge is 0.492 e. The third-order valence-electron chi connectivity index (χ3n) is 12.7. The summed E-state index contributed by atoms with van der Waals surface area (Å²) in [7, 11) is 0.708. The number of likely N-dealkylation sites (N-methyl/N-ethyl adjacent to an activating group) is 2. The molecular weight excluding hydrogens is 1160 g/mol. The molecule has 1 radical (unpaired) electrons. The highest BCUT2D eigenvalue weighted by Gasteiger charge is 2.29. The second kappa shape index (κ2) is 35.4. The zero-order valence-corrected chi connectivity index (χ0v) is 52.4. The molecule has 1 aromatic heterocycles. The summed E-state index contributed by atoms with van der Waals surface area (Å²) in [5, 5.41) is 18.0. The Hall–Kier alpha value is -6.91. The van der Waals surface area contributed by atoms with Crippen molar-refractivity contribution in [2.45, 2.75) is 116 Å². The summed E-state index contributed by atoms with van der Waals surface area (Å²) >= 11 is 2.99. The number of amides is 6. The van der Waals surface area contributed by atoms with Gasteiger partial charge in [0.25, 0.3) is 0 Å². The maximum absolute atomic E-state index is 14.6. The zero-order valence-electron chi connectivity index (χ0n) is 50.0. The molecule has 0 spiro atoms. The molecule has 9 N–H and O–H groups in total. The van der Waals surface area contributed by atoms with Crippen LogP contribution >= 0.6 is 15.9 Å². The highest BCUT2D eigenvalue weighted by molar-refractivity contribution is 9.09. The molecule has 2 unspecified atom stereocenters.